The molecule has 1 saturated heterocycles. The summed E-state index contributed by atoms with van der Waals surface area (Å²) in [6, 6.07) is 6.43. The van der Waals surface area contributed by atoms with E-state index >= 15 is 0 Å². The van der Waals surface area contributed by atoms with E-state index in [4.69, 9.17) is 9.84 Å². The van der Waals surface area contributed by atoms with Crippen LogP contribution in [0.25, 0.3) is 10.9 Å². The third-order valence-electron chi connectivity index (χ3n) is 3.61. The molecule has 1 aliphatic heterocycles. The fourth-order valence-corrected chi connectivity index (χ4v) is 2.50. The van der Waals surface area contributed by atoms with Crippen molar-refractivity contribution in [1.82, 2.24) is 9.55 Å². The lowest BCUT2D eigenvalue weighted by Gasteiger charge is -2.16. The Morgan fingerprint density at radius 3 is 2.57 bits per heavy atom. The Morgan fingerprint density at radius 1 is 1.19 bits per heavy atom. The molecule has 2 heterocycles. The van der Waals surface area contributed by atoms with E-state index in [1.807, 2.05) is 0 Å². The minimum Gasteiger partial charge on any atom is -0.394 e. The maximum atomic E-state index is 12.4. The van der Waals surface area contributed by atoms with Crippen LogP contribution in [0.3, 0.4) is 0 Å². The normalized spacial score (nSPS) is 29.1. The molecular weight excluding hydrogens is 280 g/mol. The molecule has 0 spiro atoms. The van der Waals surface area contributed by atoms with Crippen LogP contribution in [0.1, 0.15) is 6.23 Å². The van der Waals surface area contributed by atoms with Gasteiger partial charge in [-0.3, -0.25) is 4.79 Å². The Balaban J connectivity index is 2.18. The van der Waals surface area contributed by atoms with Crippen LogP contribution in [0.4, 0.5) is 0 Å². The molecule has 0 aliphatic carbocycles. The number of nitrogens with zero attached hydrogens (tertiary/aromatic N) is 1. The van der Waals surface area contributed by atoms with E-state index in [2.05, 4.69) is 4.98 Å². The predicted octanol–water partition coefficient (Wildman–Crippen LogP) is -1.70. The van der Waals surface area contributed by atoms with Gasteiger partial charge >= 0.3 is 5.69 Å². The summed E-state index contributed by atoms with van der Waals surface area (Å²) in [5.41, 5.74) is -1.02. The minimum absolute atomic E-state index is 0.259. The number of nitrogens with one attached hydrogen (secondary N) is 1. The van der Waals surface area contributed by atoms with Gasteiger partial charge in [-0.2, -0.15) is 0 Å². The van der Waals surface area contributed by atoms with Gasteiger partial charge in [0.1, 0.15) is 18.3 Å². The van der Waals surface area contributed by atoms with Gasteiger partial charge in [-0.15, -0.1) is 0 Å². The Labute approximate surface area is 117 Å². The van der Waals surface area contributed by atoms with Gasteiger partial charge < -0.3 is 25.0 Å². The highest BCUT2D eigenvalue weighted by Gasteiger charge is 2.44. The smallest absolute Gasteiger partial charge is 0.331 e. The summed E-state index contributed by atoms with van der Waals surface area (Å²) in [4.78, 5) is 27.0. The Hall–Kier alpha value is -2.00. The molecule has 4 N–H and O–H groups in total. The highest BCUT2D eigenvalue weighted by Crippen LogP contribution is 2.27. The largest absolute Gasteiger partial charge is 0.394 e. The Morgan fingerprint density at radius 2 is 1.90 bits per heavy atom. The zero-order chi connectivity index (χ0) is 15.1. The van der Waals surface area contributed by atoms with Crippen LogP contribution < -0.4 is 11.2 Å². The van der Waals surface area contributed by atoms with Crippen LogP contribution in [-0.2, 0) is 4.74 Å². The van der Waals surface area contributed by atoms with Crippen molar-refractivity contribution < 1.29 is 20.1 Å². The van der Waals surface area contributed by atoms with E-state index < -0.39 is 42.4 Å². The van der Waals surface area contributed by atoms with Crippen molar-refractivity contribution in [3.05, 3.63) is 45.1 Å². The van der Waals surface area contributed by atoms with Crippen molar-refractivity contribution in [2.24, 2.45) is 0 Å². The first-order valence-electron chi connectivity index (χ1n) is 6.40. The van der Waals surface area contributed by atoms with E-state index in [0.717, 1.165) is 0 Å². The maximum Gasteiger partial charge on any atom is 0.331 e. The molecule has 4 atom stereocenters. The summed E-state index contributed by atoms with van der Waals surface area (Å²) in [5.74, 6) is 0. The van der Waals surface area contributed by atoms with Crippen LogP contribution in [0.15, 0.2) is 33.9 Å². The van der Waals surface area contributed by atoms with Crippen LogP contribution in [-0.4, -0.2) is 49.8 Å². The lowest BCUT2D eigenvalue weighted by atomic mass is 10.1. The van der Waals surface area contributed by atoms with E-state index in [1.165, 1.54) is 6.07 Å². The lowest BCUT2D eigenvalue weighted by molar-refractivity contribution is -0.0561. The van der Waals surface area contributed by atoms with Crippen molar-refractivity contribution in [2.45, 2.75) is 24.5 Å². The minimum atomic E-state index is -1.48. The maximum absolute atomic E-state index is 12.4. The first-order chi connectivity index (χ1) is 10.0. The number of para-hydroxylation sites is 1. The number of rotatable bonds is 2. The molecular formula is C13H14N2O6. The standard InChI is InChI=1S/C13H14N2O6/c16-5-8-9(17)10(18)12(21-8)15-11(19)6-3-1-2-4-7(6)14-13(15)20/h1-4,8-10,12,16-18H,5H2,(H,14,20)/t8-,9-,10+,12-/m1/s1. The SMILES string of the molecule is O=c1[nH]c2ccccc2c(=O)n1[C@@H]1O[C@H](CO)[C@@H](O)[C@@H]1O. The number of aliphatic hydroxyl groups is 3. The summed E-state index contributed by atoms with van der Waals surface area (Å²) in [7, 11) is 0. The molecule has 1 aromatic carbocycles. The third kappa shape index (κ3) is 2.09. The van der Waals surface area contributed by atoms with Gasteiger partial charge in [-0.25, -0.2) is 9.36 Å². The Bertz CT molecular complexity index is 782. The van der Waals surface area contributed by atoms with Crippen LogP contribution in [0.2, 0.25) is 0 Å². The van der Waals surface area contributed by atoms with Crippen molar-refractivity contribution in [3.8, 4) is 0 Å². The van der Waals surface area contributed by atoms with Gasteiger partial charge in [0.25, 0.3) is 5.56 Å². The molecule has 8 heteroatoms. The summed E-state index contributed by atoms with van der Waals surface area (Å²) in [6.07, 6.45) is -5.26. The lowest BCUT2D eigenvalue weighted by Crippen LogP contribution is -2.42. The second-order valence-electron chi connectivity index (χ2n) is 4.88. The zero-order valence-electron chi connectivity index (χ0n) is 10.8. The number of fused-ring (bicyclic) bond motifs is 1. The van der Waals surface area contributed by atoms with Gasteiger partial charge in [0, 0.05) is 0 Å². The van der Waals surface area contributed by atoms with E-state index in [1.54, 1.807) is 18.2 Å². The van der Waals surface area contributed by atoms with Crippen molar-refractivity contribution in [2.75, 3.05) is 6.61 Å². The molecule has 1 fully saturated rings. The molecule has 1 aromatic heterocycles. The molecule has 8 nitrogen and oxygen atoms in total. The summed E-state index contributed by atoms with van der Waals surface area (Å²) >= 11 is 0. The van der Waals surface area contributed by atoms with E-state index in [-0.39, 0.29) is 5.39 Å². The number of hydrogen-bond donors (Lipinski definition) is 4. The number of benzene rings is 1. The summed E-state index contributed by atoms with van der Waals surface area (Å²) in [6.45, 7) is -0.533. The monoisotopic (exact) mass is 294 g/mol. The number of aliphatic hydroxyl groups excluding tert-OH is 3. The number of aromatic nitrogens is 2. The number of aromatic amines is 1. The third-order valence-corrected chi connectivity index (χ3v) is 3.61. The molecule has 1 aliphatic rings. The van der Waals surface area contributed by atoms with Crippen LogP contribution >= 0.6 is 0 Å². The summed E-state index contributed by atoms with van der Waals surface area (Å²) < 4.78 is 5.94. The number of H-pyrrole nitrogens is 1. The second-order valence-corrected chi connectivity index (χ2v) is 4.88. The fourth-order valence-electron chi connectivity index (χ4n) is 2.50. The topological polar surface area (TPSA) is 125 Å². The molecule has 0 radical (unpaired) electrons. The second kappa shape index (κ2) is 5.08. The molecule has 112 valence electrons. The van der Waals surface area contributed by atoms with Gasteiger partial charge in [0.15, 0.2) is 6.23 Å². The molecule has 0 amide bonds. The van der Waals surface area contributed by atoms with Crippen molar-refractivity contribution in [3.63, 3.8) is 0 Å². The fraction of sp³-hybridized carbons (Fsp3) is 0.385. The first-order valence-corrected chi connectivity index (χ1v) is 6.40. The average Bonchev–Trinajstić information content (AvgIpc) is 2.75. The van der Waals surface area contributed by atoms with Crippen molar-refractivity contribution >= 4 is 10.9 Å². The highest BCUT2D eigenvalue weighted by atomic mass is 16.6. The zero-order valence-corrected chi connectivity index (χ0v) is 10.8. The molecule has 0 unspecified atom stereocenters. The molecule has 2 aromatic rings. The molecule has 0 bridgehead atoms. The van der Waals surface area contributed by atoms with Gasteiger partial charge in [-0.1, -0.05) is 12.1 Å². The van der Waals surface area contributed by atoms with Gasteiger partial charge in [0.2, 0.25) is 0 Å². The quantitative estimate of drug-likeness (QED) is 0.523. The van der Waals surface area contributed by atoms with Crippen LogP contribution in [0.5, 0.6) is 0 Å². The van der Waals surface area contributed by atoms with E-state index in [0.29, 0.717) is 10.1 Å². The molecule has 21 heavy (non-hydrogen) atoms. The van der Waals surface area contributed by atoms with Crippen molar-refractivity contribution in [1.29, 1.82) is 0 Å². The highest BCUT2D eigenvalue weighted by molar-refractivity contribution is 5.76. The first kappa shape index (κ1) is 14.0. The molecule has 0 saturated carbocycles. The number of ether oxygens (including phenoxy) is 1. The molecule has 3 rings (SSSR count). The Kier molecular flexibility index (Phi) is 3.38. The number of hydrogen-bond acceptors (Lipinski definition) is 6. The van der Waals surface area contributed by atoms with Crippen LogP contribution in [0, 0.1) is 0 Å². The predicted molar refractivity (Wildman–Crippen MR) is 71.8 cm³/mol. The van der Waals surface area contributed by atoms with E-state index in [9.17, 15) is 19.8 Å². The van der Waals surface area contributed by atoms with Gasteiger partial charge in [0.05, 0.1) is 17.5 Å². The summed E-state index contributed by atoms with van der Waals surface area (Å²) in [5, 5.41) is 29.0. The average molecular weight is 294 g/mol. The van der Waals surface area contributed by atoms with Gasteiger partial charge in [-0.05, 0) is 12.1 Å².